The van der Waals surface area contributed by atoms with Crippen molar-refractivity contribution < 1.29 is 0 Å². The van der Waals surface area contributed by atoms with Crippen LogP contribution in [0, 0.1) is 12.3 Å². The Hall–Kier alpha value is -2.87. The second-order valence-corrected chi connectivity index (χ2v) is 7.21. The van der Waals surface area contributed by atoms with Crippen LogP contribution < -0.4 is 5.32 Å². The first-order chi connectivity index (χ1) is 14.4. The largest absolute Gasteiger partial charge is 0.342 e. The van der Waals surface area contributed by atoms with Gasteiger partial charge in [0.1, 0.15) is 11.7 Å². The van der Waals surface area contributed by atoms with Crippen molar-refractivity contribution in [3.8, 4) is 12.3 Å². The van der Waals surface area contributed by atoms with Gasteiger partial charge in [0.15, 0.2) is 0 Å². The first-order valence-electron chi connectivity index (χ1n) is 9.36. The number of aromatic nitrogens is 1. The van der Waals surface area contributed by atoms with Gasteiger partial charge in [-0.15, -0.1) is 12.3 Å². The van der Waals surface area contributed by atoms with Gasteiger partial charge in [0.2, 0.25) is 0 Å². The number of rotatable bonds is 3. The fourth-order valence-electron chi connectivity index (χ4n) is 2.98. The fraction of sp³-hybridized carbons (Fsp3) is 0.208. The highest BCUT2D eigenvalue weighted by molar-refractivity contribution is 6.35. The molecule has 0 fully saturated rings. The zero-order valence-electron chi connectivity index (χ0n) is 17.5. The maximum atomic E-state index is 6.44. The summed E-state index contributed by atoms with van der Waals surface area (Å²) in [6.07, 6.45) is 10.8. The predicted molar refractivity (Wildman–Crippen MR) is 129 cm³/mol. The SMILES string of the molecule is C#CC.C/C=C(\C(C)=C1/CC(=NC)N=C(c2cccnc2)N1)c1ccc(Cl)cc1Cl. The zero-order chi connectivity index (χ0) is 22.1. The van der Waals surface area contributed by atoms with E-state index in [1.807, 2.05) is 31.2 Å². The van der Waals surface area contributed by atoms with Gasteiger partial charge in [-0.3, -0.25) is 9.98 Å². The molecule has 1 aliphatic heterocycles. The molecule has 6 heteroatoms. The fourth-order valence-corrected chi connectivity index (χ4v) is 3.49. The van der Waals surface area contributed by atoms with Gasteiger partial charge in [-0.1, -0.05) is 35.3 Å². The van der Waals surface area contributed by atoms with Crippen LogP contribution in [-0.4, -0.2) is 23.7 Å². The van der Waals surface area contributed by atoms with E-state index in [0.29, 0.717) is 16.5 Å². The number of pyridine rings is 1. The molecule has 0 bridgehead atoms. The van der Waals surface area contributed by atoms with Gasteiger partial charge in [-0.2, -0.15) is 0 Å². The van der Waals surface area contributed by atoms with Crippen LogP contribution in [0.15, 0.2) is 70.1 Å². The van der Waals surface area contributed by atoms with E-state index in [2.05, 4.69) is 45.6 Å². The molecule has 0 spiro atoms. The van der Waals surface area contributed by atoms with E-state index in [1.54, 1.807) is 32.4 Å². The smallest absolute Gasteiger partial charge is 0.141 e. The van der Waals surface area contributed by atoms with Gasteiger partial charge in [0, 0.05) is 52.7 Å². The molecule has 154 valence electrons. The number of aliphatic imine (C=N–C) groups is 2. The lowest BCUT2D eigenvalue weighted by atomic mass is 9.95. The van der Waals surface area contributed by atoms with Crippen LogP contribution in [0.4, 0.5) is 0 Å². The molecule has 0 atom stereocenters. The van der Waals surface area contributed by atoms with Crippen LogP contribution in [0.5, 0.6) is 0 Å². The van der Waals surface area contributed by atoms with E-state index >= 15 is 0 Å². The predicted octanol–water partition coefficient (Wildman–Crippen LogP) is 6.17. The normalized spacial score (nSPS) is 16.6. The Morgan fingerprint density at radius 2 is 2.03 bits per heavy atom. The third-order valence-electron chi connectivity index (χ3n) is 4.40. The molecule has 2 aromatic rings. The second kappa shape index (κ2) is 11.3. The molecule has 0 saturated carbocycles. The molecule has 3 rings (SSSR count). The molecule has 0 aliphatic carbocycles. The summed E-state index contributed by atoms with van der Waals surface area (Å²) in [6, 6.07) is 9.41. The van der Waals surface area contributed by atoms with Crippen LogP contribution in [0.25, 0.3) is 5.57 Å². The van der Waals surface area contributed by atoms with Gasteiger partial charge in [-0.05, 0) is 56.2 Å². The number of hydrogen-bond acceptors (Lipinski definition) is 3. The second-order valence-electron chi connectivity index (χ2n) is 6.36. The van der Waals surface area contributed by atoms with E-state index < -0.39 is 0 Å². The van der Waals surface area contributed by atoms with Crippen LogP contribution >= 0.6 is 23.2 Å². The summed E-state index contributed by atoms with van der Waals surface area (Å²) >= 11 is 12.5. The summed E-state index contributed by atoms with van der Waals surface area (Å²) in [4.78, 5) is 13.1. The molecular weight excluding hydrogens is 415 g/mol. The molecule has 30 heavy (non-hydrogen) atoms. The van der Waals surface area contributed by atoms with Gasteiger partial charge in [0.25, 0.3) is 0 Å². The number of nitrogens with zero attached hydrogens (tertiary/aromatic N) is 3. The van der Waals surface area contributed by atoms with Crippen LogP contribution in [0.1, 0.15) is 38.3 Å². The first kappa shape index (κ1) is 23.4. The summed E-state index contributed by atoms with van der Waals surface area (Å²) in [5, 5.41) is 4.69. The third kappa shape index (κ3) is 5.82. The monoisotopic (exact) mass is 438 g/mol. The van der Waals surface area contributed by atoms with E-state index in [0.717, 1.165) is 39.6 Å². The topological polar surface area (TPSA) is 49.6 Å². The molecule has 2 heterocycles. The van der Waals surface area contributed by atoms with Crippen molar-refractivity contribution in [3.05, 3.63) is 81.2 Å². The number of halogens is 2. The number of hydrogen-bond donors (Lipinski definition) is 1. The molecule has 1 aromatic carbocycles. The highest BCUT2D eigenvalue weighted by atomic mass is 35.5. The number of benzene rings is 1. The van der Waals surface area contributed by atoms with E-state index in [4.69, 9.17) is 23.2 Å². The van der Waals surface area contributed by atoms with Gasteiger partial charge < -0.3 is 5.32 Å². The Balaban J connectivity index is 0.00000101. The van der Waals surface area contributed by atoms with E-state index in [1.165, 1.54) is 0 Å². The zero-order valence-corrected chi connectivity index (χ0v) is 19.0. The Morgan fingerprint density at radius 1 is 1.30 bits per heavy atom. The van der Waals surface area contributed by atoms with Crippen molar-refractivity contribution >= 4 is 40.4 Å². The molecule has 1 aromatic heterocycles. The summed E-state index contributed by atoms with van der Waals surface area (Å²) in [7, 11) is 1.75. The Kier molecular flexibility index (Phi) is 8.86. The van der Waals surface area contributed by atoms with Crippen molar-refractivity contribution in [2.45, 2.75) is 27.2 Å². The van der Waals surface area contributed by atoms with E-state index in [-0.39, 0.29) is 0 Å². The highest BCUT2D eigenvalue weighted by Crippen LogP contribution is 2.33. The average molecular weight is 439 g/mol. The Morgan fingerprint density at radius 3 is 2.60 bits per heavy atom. The minimum Gasteiger partial charge on any atom is -0.342 e. The molecule has 1 N–H and O–H groups in total. The van der Waals surface area contributed by atoms with Crippen LogP contribution in [0.3, 0.4) is 0 Å². The minimum atomic E-state index is 0.617. The quantitative estimate of drug-likeness (QED) is 0.581. The van der Waals surface area contributed by atoms with Gasteiger partial charge in [0.05, 0.1) is 0 Å². The molecular formula is C24H24Cl2N4. The molecule has 0 amide bonds. The van der Waals surface area contributed by atoms with Crippen molar-refractivity contribution in [1.82, 2.24) is 10.3 Å². The summed E-state index contributed by atoms with van der Waals surface area (Å²) in [6.45, 7) is 5.72. The summed E-state index contributed by atoms with van der Waals surface area (Å²) < 4.78 is 0. The average Bonchev–Trinajstić information content (AvgIpc) is 2.76. The minimum absolute atomic E-state index is 0.617. The van der Waals surface area contributed by atoms with E-state index in [9.17, 15) is 0 Å². The van der Waals surface area contributed by atoms with Gasteiger partial charge in [-0.25, -0.2) is 4.99 Å². The number of allylic oxidation sites excluding steroid dienone is 3. The van der Waals surface area contributed by atoms with Gasteiger partial charge >= 0.3 is 0 Å². The van der Waals surface area contributed by atoms with Crippen molar-refractivity contribution in [2.75, 3.05) is 7.05 Å². The Labute approximate surface area is 188 Å². The maximum absolute atomic E-state index is 6.44. The van der Waals surface area contributed by atoms with Crippen LogP contribution in [-0.2, 0) is 0 Å². The molecule has 1 aliphatic rings. The maximum Gasteiger partial charge on any atom is 0.141 e. The lowest BCUT2D eigenvalue weighted by Gasteiger charge is -2.23. The van der Waals surface area contributed by atoms with Crippen molar-refractivity contribution in [3.63, 3.8) is 0 Å². The summed E-state index contributed by atoms with van der Waals surface area (Å²) in [5.74, 6) is 3.75. The number of terminal acetylenes is 1. The summed E-state index contributed by atoms with van der Waals surface area (Å²) in [5.41, 5.74) is 5.01. The third-order valence-corrected chi connectivity index (χ3v) is 4.95. The lowest BCUT2D eigenvalue weighted by Crippen LogP contribution is -2.31. The lowest BCUT2D eigenvalue weighted by molar-refractivity contribution is 0.990. The van der Waals surface area contributed by atoms with Crippen molar-refractivity contribution in [2.24, 2.45) is 9.98 Å². The van der Waals surface area contributed by atoms with Crippen LogP contribution in [0.2, 0.25) is 10.0 Å². The Bertz CT molecular complexity index is 1060. The molecule has 0 saturated heterocycles. The molecule has 4 nitrogen and oxygen atoms in total. The van der Waals surface area contributed by atoms with Crippen molar-refractivity contribution in [1.29, 1.82) is 0 Å². The highest BCUT2D eigenvalue weighted by Gasteiger charge is 2.20. The first-order valence-corrected chi connectivity index (χ1v) is 10.1. The number of nitrogens with one attached hydrogen (secondary N) is 1. The standard InChI is InChI=1S/C21H20Cl2N4.C3H4/c1-4-16(17-8-7-15(22)10-18(17)23)13(2)19-11-20(24-3)27-21(26-19)14-6-5-9-25-12-14;1-3-2/h4-10,12H,11H2,1-3H3,(H,24,26,27);1H,2H3/b16-4+,19-13+;. The molecule has 0 unspecified atom stereocenters. The molecule has 0 radical (unpaired) electrons. The number of amidine groups is 2.